The number of fused-ring (bicyclic) bond motifs is 1. The fourth-order valence-corrected chi connectivity index (χ4v) is 4.25. The molecule has 180 valence electrons. The molecule has 0 bridgehead atoms. The van der Waals surface area contributed by atoms with E-state index in [4.69, 9.17) is 21.7 Å². The van der Waals surface area contributed by atoms with Gasteiger partial charge in [-0.05, 0) is 60.5 Å². The summed E-state index contributed by atoms with van der Waals surface area (Å²) in [5.74, 6) is -1.17. The van der Waals surface area contributed by atoms with Gasteiger partial charge in [0.25, 0.3) is 0 Å². The Morgan fingerprint density at radius 2 is 1.71 bits per heavy atom. The lowest BCUT2D eigenvalue weighted by Gasteiger charge is -2.17. The highest BCUT2D eigenvalue weighted by Gasteiger charge is 2.25. The van der Waals surface area contributed by atoms with Crippen LogP contribution in [-0.2, 0) is 22.5 Å². The number of thiocarbonyl (C=S) groups is 1. The third-order valence-corrected chi connectivity index (χ3v) is 6.01. The van der Waals surface area contributed by atoms with E-state index in [-0.39, 0.29) is 25.1 Å². The van der Waals surface area contributed by atoms with E-state index in [9.17, 15) is 14.0 Å². The van der Waals surface area contributed by atoms with Crippen LogP contribution in [0.5, 0.6) is 0 Å². The van der Waals surface area contributed by atoms with Gasteiger partial charge < -0.3 is 20.1 Å². The number of esters is 2. The number of rotatable bonds is 8. The molecule has 0 radical (unpaired) electrons. The van der Waals surface area contributed by atoms with Gasteiger partial charge in [0.15, 0.2) is 5.11 Å². The highest BCUT2D eigenvalue weighted by molar-refractivity contribution is 7.80. The molecule has 0 saturated heterocycles. The summed E-state index contributed by atoms with van der Waals surface area (Å²) >= 11 is 5.34. The van der Waals surface area contributed by atoms with E-state index >= 15 is 0 Å². The lowest BCUT2D eigenvalue weighted by Crippen LogP contribution is -2.38. The van der Waals surface area contributed by atoms with Gasteiger partial charge in [-0.1, -0.05) is 48.5 Å². The van der Waals surface area contributed by atoms with Crippen LogP contribution >= 0.6 is 12.2 Å². The fraction of sp³-hybridized carbons (Fsp3) is 0.222. The Kier molecular flexibility index (Phi) is 8.05. The molecule has 0 saturated carbocycles. The summed E-state index contributed by atoms with van der Waals surface area (Å²) in [7, 11) is 0. The zero-order valence-electron chi connectivity index (χ0n) is 19.0. The molecule has 1 unspecified atom stereocenters. The minimum Gasteiger partial charge on any atom is -0.460 e. The average Bonchev–Trinajstić information content (AvgIpc) is 3.29. The molecule has 3 aromatic carbocycles. The maximum atomic E-state index is 13.9. The van der Waals surface area contributed by atoms with E-state index in [2.05, 4.69) is 10.6 Å². The molecular weight excluding hydrogens is 467 g/mol. The Labute approximate surface area is 208 Å². The van der Waals surface area contributed by atoms with Crippen LogP contribution in [0, 0.1) is 5.82 Å². The third-order valence-electron chi connectivity index (χ3n) is 5.75. The second-order valence-corrected chi connectivity index (χ2v) is 8.44. The van der Waals surface area contributed by atoms with Crippen molar-refractivity contribution in [1.29, 1.82) is 0 Å². The van der Waals surface area contributed by atoms with Crippen LogP contribution in [0.3, 0.4) is 0 Å². The van der Waals surface area contributed by atoms with Crippen molar-refractivity contribution >= 4 is 29.3 Å². The lowest BCUT2D eigenvalue weighted by molar-refractivity contribution is 0.0446. The van der Waals surface area contributed by atoms with E-state index in [1.807, 2.05) is 12.1 Å². The molecular formula is C27H25FN2O4S. The number of halogens is 1. The Balaban J connectivity index is 1.23. The standard InChI is InChI=1S/C27H25FN2O4S/c28-23-12-6-11-22-21(23)13-14-24(22)30-27(35)29-15-16-33-26(32)20-10-5-4-9-19(20)17-34-25(31)18-7-2-1-3-8-18/h1-12,24H,13-17H2,(H2,29,30,35). The van der Waals surface area contributed by atoms with Gasteiger partial charge in [0.2, 0.25) is 0 Å². The van der Waals surface area contributed by atoms with Crippen molar-refractivity contribution in [2.45, 2.75) is 25.5 Å². The van der Waals surface area contributed by atoms with Crippen molar-refractivity contribution in [1.82, 2.24) is 10.6 Å². The molecule has 1 aliphatic rings. The molecule has 2 N–H and O–H groups in total. The minimum atomic E-state index is -0.516. The van der Waals surface area contributed by atoms with Crippen LogP contribution in [0.4, 0.5) is 4.39 Å². The number of carbonyl (C=O) groups excluding carboxylic acids is 2. The molecule has 0 aliphatic heterocycles. The first-order valence-corrected chi connectivity index (χ1v) is 11.7. The summed E-state index contributed by atoms with van der Waals surface area (Å²) in [6.45, 7) is 0.356. The van der Waals surface area contributed by atoms with Crippen LogP contribution in [0.15, 0.2) is 72.8 Å². The van der Waals surface area contributed by atoms with Crippen molar-refractivity contribution < 1.29 is 23.5 Å². The maximum absolute atomic E-state index is 13.9. The summed E-state index contributed by atoms with van der Waals surface area (Å²) < 4.78 is 24.6. The van der Waals surface area contributed by atoms with Gasteiger partial charge in [-0.15, -0.1) is 0 Å². The second-order valence-electron chi connectivity index (χ2n) is 8.03. The number of carbonyl (C=O) groups is 2. The van der Waals surface area contributed by atoms with E-state index in [1.54, 1.807) is 54.6 Å². The average molecular weight is 493 g/mol. The summed E-state index contributed by atoms with van der Waals surface area (Å²) in [6.07, 6.45) is 1.43. The molecule has 0 heterocycles. The smallest absolute Gasteiger partial charge is 0.338 e. The normalized spacial score (nSPS) is 14.0. The van der Waals surface area contributed by atoms with Crippen molar-refractivity contribution in [3.05, 3.63) is 106 Å². The van der Waals surface area contributed by atoms with E-state index in [1.165, 1.54) is 6.07 Å². The van der Waals surface area contributed by atoms with Gasteiger partial charge in [0.1, 0.15) is 19.0 Å². The number of nitrogens with one attached hydrogen (secondary N) is 2. The SMILES string of the molecule is O=C(OCc1ccccc1C(=O)OCCNC(=S)NC1CCc2c(F)cccc21)c1ccccc1. The van der Waals surface area contributed by atoms with Gasteiger partial charge in [-0.25, -0.2) is 14.0 Å². The fourth-order valence-electron chi connectivity index (χ4n) is 4.00. The van der Waals surface area contributed by atoms with Crippen LogP contribution in [0.1, 0.15) is 49.9 Å². The first-order chi connectivity index (χ1) is 17.0. The summed E-state index contributed by atoms with van der Waals surface area (Å²) in [6, 6.07) is 20.5. The quantitative estimate of drug-likeness (QED) is 0.273. The lowest BCUT2D eigenvalue weighted by atomic mass is 10.1. The number of hydrogen-bond acceptors (Lipinski definition) is 5. The monoisotopic (exact) mass is 492 g/mol. The molecule has 0 amide bonds. The van der Waals surface area contributed by atoms with Gasteiger partial charge >= 0.3 is 11.9 Å². The van der Waals surface area contributed by atoms with Gasteiger partial charge in [-0.2, -0.15) is 0 Å². The zero-order chi connectivity index (χ0) is 24.6. The predicted molar refractivity (Wildman–Crippen MR) is 133 cm³/mol. The van der Waals surface area contributed by atoms with Gasteiger partial charge in [0.05, 0.1) is 23.7 Å². The molecule has 8 heteroatoms. The highest BCUT2D eigenvalue weighted by atomic mass is 32.1. The van der Waals surface area contributed by atoms with Crippen molar-refractivity contribution in [2.24, 2.45) is 0 Å². The summed E-state index contributed by atoms with van der Waals surface area (Å²) in [4.78, 5) is 24.8. The zero-order valence-corrected chi connectivity index (χ0v) is 19.8. The van der Waals surface area contributed by atoms with Crippen molar-refractivity contribution in [3.8, 4) is 0 Å². The first-order valence-electron chi connectivity index (χ1n) is 11.3. The van der Waals surface area contributed by atoms with Crippen LogP contribution in [0.25, 0.3) is 0 Å². The summed E-state index contributed by atoms with van der Waals surface area (Å²) in [5.41, 5.74) is 2.98. The molecule has 1 atom stereocenters. The van der Waals surface area contributed by atoms with Crippen LogP contribution in [-0.4, -0.2) is 30.2 Å². The van der Waals surface area contributed by atoms with Crippen molar-refractivity contribution in [2.75, 3.05) is 13.2 Å². The molecule has 35 heavy (non-hydrogen) atoms. The van der Waals surface area contributed by atoms with Gasteiger partial charge in [0, 0.05) is 5.56 Å². The molecule has 4 rings (SSSR count). The molecule has 0 fully saturated rings. The number of ether oxygens (including phenoxy) is 2. The Bertz CT molecular complexity index is 1220. The highest BCUT2D eigenvalue weighted by Crippen LogP contribution is 2.32. The first kappa shape index (κ1) is 24.3. The second kappa shape index (κ2) is 11.6. The van der Waals surface area contributed by atoms with E-state index in [0.29, 0.717) is 34.8 Å². The van der Waals surface area contributed by atoms with Crippen LogP contribution < -0.4 is 10.6 Å². The molecule has 0 aromatic heterocycles. The predicted octanol–water partition coefficient (Wildman–Crippen LogP) is 4.49. The Morgan fingerprint density at radius 1 is 0.943 bits per heavy atom. The minimum absolute atomic E-state index is 0.0469. The van der Waals surface area contributed by atoms with Crippen molar-refractivity contribution in [3.63, 3.8) is 0 Å². The van der Waals surface area contributed by atoms with E-state index < -0.39 is 11.9 Å². The Hall–Kier alpha value is -3.78. The Morgan fingerprint density at radius 3 is 2.54 bits per heavy atom. The van der Waals surface area contributed by atoms with Gasteiger partial charge in [-0.3, -0.25) is 0 Å². The molecule has 6 nitrogen and oxygen atoms in total. The topological polar surface area (TPSA) is 76.7 Å². The van der Waals surface area contributed by atoms with Crippen LogP contribution in [0.2, 0.25) is 0 Å². The largest absolute Gasteiger partial charge is 0.460 e. The number of hydrogen-bond donors (Lipinski definition) is 2. The third kappa shape index (κ3) is 6.22. The number of benzene rings is 3. The maximum Gasteiger partial charge on any atom is 0.338 e. The van der Waals surface area contributed by atoms with E-state index in [0.717, 1.165) is 17.5 Å². The molecule has 3 aromatic rings. The molecule has 1 aliphatic carbocycles. The summed E-state index contributed by atoms with van der Waals surface area (Å²) in [5, 5.41) is 6.62. The molecule has 0 spiro atoms.